The molecule has 2 unspecified atom stereocenters. The monoisotopic (exact) mass is 379 g/mol. The van der Waals surface area contributed by atoms with Gasteiger partial charge in [0, 0.05) is 19.5 Å². The summed E-state index contributed by atoms with van der Waals surface area (Å²) in [5.41, 5.74) is 1.28. The van der Waals surface area contributed by atoms with E-state index in [-0.39, 0.29) is 41.6 Å². The fourth-order valence-electron chi connectivity index (χ4n) is 3.84. The molecule has 3 rings (SSSR count). The molecular formula is C20H30ClN3O2. The van der Waals surface area contributed by atoms with Crippen molar-refractivity contribution >= 4 is 24.2 Å². The van der Waals surface area contributed by atoms with Crippen LogP contribution >= 0.6 is 12.4 Å². The lowest BCUT2D eigenvalue weighted by Gasteiger charge is -2.34. The van der Waals surface area contributed by atoms with Gasteiger partial charge in [-0.3, -0.25) is 9.59 Å². The summed E-state index contributed by atoms with van der Waals surface area (Å²) in [6.45, 7) is 7.50. The van der Waals surface area contributed by atoms with Crippen molar-refractivity contribution in [3.05, 3.63) is 35.9 Å². The molecule has 0 bridgehead atoms. The van der Waals surface area contributed by atoms with Gasteiger partial charge in [-0.2, -0.15) is 0 Å². The summed E-state index contributed by atoms with van der Waals surface area (Å²) >= 11 is 0. The van der Waals surface area contributed by atoms with Gasteiger partial charge in [0.15, 0.2) is 0 Å². The van der Waals surface area contributed by atoms with Crippen molar-refractivity contribution < 1.29 is 9.59 Å². The van der Waals surface area contributed by atoms with Crippen LogP contribution in [0.25, 0.3) is 0 Å². The Kier molecular flexibility index (Phi) is 7.07. The number of benzene rings is 1. The molecule has 0 aromatic heterocycles. The Balaban J connectivity index is 0.00000243. The van der Waals surface area contributed by atoms with Gasteiger partial charge in [0.2, 0.25) is 11.8 Å². The second kappa shape index (κ2) is 8.87. The summed E-state index contributed by atoms with van der Waals surface area (Å²) in [7, 11) is 0. The van der Waals surface area contributed by atoms with Gasteiger partial charge in [-0.05, 0) is 43.8 Å². The smallest absolute Gasteiger partial charge is 0.225 e. The van der Waals surface area contributed by atoms with Crippen LogP contribution in [-0.2, 0) is 9.59 Å². The third-order valence-corrected chi connectivity index (χ3v) is 5.78. The molecule has 2 heterocycles. The van der Waals surface area contributed by atoms with Gasteiger partial charge in [-0.1, -0.05) is 37.3 Å². The highest BCUT2D eigenvalue weighted by molar-refractivity contribution is 5.89. The minimum Gasteiger partial charge on any atom is -0.355 e. The quantitative estimate of drug-likeness (QED) is 0.826. The van der Waals surface area contributed by atoms with Gasteiger partial charge in [-0.25, -0.2) is 0 Å². The van der Waals surface area contributed by atoms with Crippen molar-refractivity contribution in [1.29, 1.82) is 0 Å². The van der Waals surface area contributed by atoms with Gasteiger partial charge in [0.1, 0.15) is 0 Å². The van der Waals surface area contributed by atoms with Crippen molar-refractivity contribution in [1.82, 2.24) is 15.5 Å². The summed E-state index contributed by atoms with van der Waals surface area (Å²) < 4.78 is 0. The van der Waals surface area contributed by atoms with Crippen LogP contribution in [0.15, 0.2) is 30.3 Å². The van der Waals surface area contributed by atoms with E-state index < -0.39 is 0 Å². The number of amides is 2. The Morgan fingerprint density at radius 3 is 2.62 bits per heavy atom. The molecule has 2 aliphatic rings. The Bertz CT molecular complexity index is 617. The first-order valence-electron chi connectivity index (χ1n) is 9.31. The highest BCUT2D eigenvalue weighted by atomic mass is 35.5. The molecule has 26 heavy (non-hydrogen) atoms. The second-order valence-electron chi connectivity index (χ2n) is 7.81. The Hall–Kier alpha value is -1.59. The van der Waals surface area contributed by atoms with Gasteiger partial charge in [0.25, 0.3) is 0 Å². The van der Waals surface area contributed by atoms with Gasteiger partial charge < -0.3 is 15.5 Å². The first kappa shape index (κ1) is 20.7. The Morgan fingerprint density at radius 2 is 1.96 bits per heavy atom. The standard InChI is InChI=1S/C20H29N3O2.ClH/c1-15(16-6-4-3-5-7-16)23-13-17(12-18(23)24)19(25)22-14-20(2)8-10-21-11-9-20;/h3-7,15,17,21H,8-14H2,1-2H3,(H,22,25);1H. The van der Waals surface area contributed by atoms with Crippen molar-refractivity contribution in [2.45, 2.75) is 39.2 Å². The maximum atomic E-state index is 12.6. The molecule has 2 atom stereocenters. The van der Waals surface area contributed by atoms with Crippen LogP contribution in [0.5, 0.6) is 0 Å². The molecule has 2 fully saturated rings. The number of likely N-dealkylation sites (tertiary alicyclic amines) is 1. The van der Waals surface area contributed by atoms with Crippen molar-refractivity contribution in [2.24, 2.45) is 11.3 Å². The molecule has 6 heteroatoms. The third-order valence-electron chi connectivity index (χ3n) is 5.78. The molecule has 144 valence electrons. The number of carbonyl (C=O) groups excluding carboxylic acids is 2. The van der Waals surface area contributed by atoms with Crippen molar-refractivity contribution in [3.63, 3.8) is 0 Å². The minimum absolute atomic E-state index is 0. The first-order valence-corrected chi connectivity index (χ1v) is 9.31. The van der Waals surface area contributed by atoms with Crippen molar-refractivity contribution in [3.8, 4) is 0 Å². The topological polar surface area (TPSA) is 61.4 Å². The third kappa shape index (κ3) is 4.77. The lowest BCUT2D eigenvalue weighted by atomic mass is 9.81. The van der Waals surface area contributed by atoms with Crippen LogP contribution in [0, 0.1) is 11.3 Å². The predicted octanol–water partition coefficient (Wildman–Crippen LogP) is 2.52. The molecule has 2 N–H and O–H groups in total. The van der Waals surface area contributed by atoms with Crippen LogP contribution < -0.4 is 10.6 Å². The zero-order valence-electron chi connectivity index (χ0n) is 15.7. The summed E-state index contributed by atoms with van der Waals surface area (Å²) in [4.78, 5) is 26.8. The zero-order chi connectivity index (χ0) is 17.9. The van der Waals surface area contributed by atoms with Crippen LogP contribution in [0.3, 0.4) is 0 Å². The van der Waals surface area contributed by atoms with Crippen LogP contribution in [0.1, 0.15) is 44.7 Å². The second-order valence-corrected chi connectivity index (χ2v) is 7.81. The lowest BCUT2D eigenvalue weighted by molar-refractivity contribution is -0.130. The van der Waals surface area contributed by atoms with Crippen molar-refractivity contribution in [2.75, 3.05) is 26.2 Å². The number of halogens is 1. The molecular weight excluding hydrogens is 350 g/mol. The summed E-state index contributed by atoms with van der Waals surface area (Å²) in [6, 6.07) is 10.0. The van der Waals surface area contributed by atoms with Gasteiger partial charge in [0.05, 0.1) is 12.0 Å². The molecule has 0 aliphatic carbocycles. The number of piperidine rings is 1. The largest absolute Gasteiger partial charge is 0.355 e. The summed E-state index contributed by atoms with van der Waals surface area (Å²) in [5, 5.41) is 6.47. The Labute approximate surface area is 162 Å². The average molecular weight is 380 g/mol. The molecule has 2 amide bonds. The van der Waals surface area contributed by atoms with Crippen LogP contribution in [-0.4, -0.2) is 42.9 Å². The predicted molar refractivity (Wildman–Crippen MR) is 105 cm³/mol. The molecule has 1 aromatic carbocycles. The SMILES string of the molecule is CC(c1ccccc1)N1CC(C(=O)NCC2(C)CCNCC2)CC1=O.Cl. The van der Waals surface area contributed by atoms with E-state index in [1.54, 1.807) is 0 Å². The number of carbonyl (C=O) groups is 2. The van der Waals surface area contributed by atoms with E-state index in [4.69, 9.17) is 0 Å². The number of hydrogen-bond donors (Lipinski definition) is 2. The molecule has 2 saturated heterocycles. The fourth-order valence-corrected chi connectivity index (χ4v) is 3.84. The van der Waals surface area contributed by atoms with E-state index in [0.717, 1.165) is 31.5 Å². The van der Waals surface area contributed by atoms with Gasteiger partial charge >= 0.3 is 0 Å². The van der Waals surface area contributed by atoms with E-state index in [0.29, 0.717) is 19.5 Å². The van der Waals surface area contributed by atoms with E-state index in [1.807, 2.05) is 42.2 Å². The molecule has 2 aliphatic heterocycles. The normalized spacial score (nSPS) is 23.2. The maximum absolute atomic E-state index is 12.6. The van der Waals surface area contributed by atoms with Crippen LogP contribution in [0.2, 0.25) is 0 Å². The number of hydrogen-bond acceptors (Lipinski definition) is 3. The highest BCUT2D eigenvalue weighted by Crippen LogP contribution is 2.30. The molecule has 0 radical (unpaired) electrons. The maximum Gasteiger partial charge on any atom is 0.225 e. The molecule has 1 aromatic rings. The van der Waals surface area contributed by atoms with E-state index in [9.17, 15) is 9.59 Å². The number of nitrogens with one attached hydrogen (secondary N) is 2. The van der Waals surface area contributed by atoms with Crippen LogP contribution in [0.4, 0.5) is 0 Å². The highest BCUT2D eigenvalue weighted by Gasteiger charge is 2.37. The zero-order valence-corrected chi connectivity index (χ0v) is 16.5. The minimum atomic E-state index is -0.232. The first-order chi connectivity index (χ1) is 12.0. The van der Waals surface area contributed by atoms with E-state index >= 15 is 0 Å². The van der Waals surface area contributed by atoms with E-state index in [2.05, 4.69) is 17.6 Å². The number of nitrogens with zero attached hydrogens (tertiary/aromatic N) is 1. The average Bonchev–Trinajstić information content (AvgIpc) is 3.02. The Morgan fingerprint density at radius 1 is 1.31 bits per heavy atom. The number of rotatable bonds is 5. The lowest BCUT2D eigenvalue weighted by Crippen LogP contribution is -2.44. The summed E-state index contributed by atoms with van der Waals surface area (Å²) in [6.07, 6.45) is 2.48. The molecule has 0 saturated carbocycles. The fraction of sp³-hybridized carbons (Fsp3) is 0.600. The summed E-state index contributed by atoms with van der Waals surface area (Å²) in [5.74, 6) is -0.135. The molecule has 0 spiro atoms. The molecule has 5 nitrogen and oxygen atoms in total. The van der Waals surface area contributed by atoms with E-state index in [1.165, 1.54) is 0 Å². The van der Waals surface area contributed by atoms with Gasteiger partial charge in [-0.15, -0.1) is 12.4 Å².